The van der Waals surface area contributed by atoms with Crippen LogP contribution >= 0.6 is 11.6 Å². The zero-order valence-corrected chi connectivity index (χ0v) is 19.6. The summed E-state index contributed by atoms with van der Waals surface area (Å²) >= 11 is 6.13. The second-order valence-electron chi connectivity index (χ2n) is 8.36. The molecule has 5 rings (SSSR count). The maximum Gasteiger partial charge on any atom is 0.321 e. The Morgan fingerprint density at radius 3 is 2.63 bits per heavy atom. The van der Waals surface area contributed by atoms with Crippen LogP contribution in [0.5, 0.6) is 0 Å². The molecule has 2 aromatic heterocycles. The van der Waals surface area contributed by atoms with Gasteiger partial charge in [0.15, 0.2) is 0 Å². The van der Waals surface area contributed by atoms with Gasteiger partial charge in [-0.15, -0.1) is 0 Å². The Kier molecular flexibility index (Phi) is 6.61. The third kappa shape index (κ3) is 5.26. The van der Waals surface area contributed by atoms with E-state index in [0.717, 1.165) is 33.3 Å². The van der Waals surface area contributed by atoms with Crippen LogP contribution in [0.25, 0.3) is 22.2 Å². The zero-order valence-electron chi connectivity index (χ0n) is 18.9. The molecule has 0 fully saturated rings. The molecule has 176 valence electrons. The van der Waals surface area contributed by atoms with Crippen molar-refractivity contribution in [1.82, 2.24) is 25.3 Å². The molecule has 0 amide bonds. The van der Waals surface area contributed by atoms with Crippen molar-refractivity contribution in [2.75, 3.05) is 0 Å². The van der Waals surface area contributed by atoms with Crippen LogP contribution in [0, 0.1) is 0 Å². The summed E-state index contributed by atoms with van der Waals surface area (Å²) in [5.41, 5.74) is 5.25. The molecule has 3 N–H and O–H groups in total. The van der Waals surface area contributed by atoms with Crippen LogP contribution in [0.1, 0.15) is 16.8 Å². The molecule has 0 unspecified atom stereocenters. The van der Waals surface area contributed by atoms with E-state index in [-0.39, 0.29) is 6.54 Å². The number of aromatic amines is 1. The van der Waals surface area contributed by atoms with Crippen LogP contribution in [-0.2, 0) is 24.3 Å². The van der Waals surface area contributed by atoms with Crippen LogP contribution in [0.2, 0.25) is 5.02 Å². The number of H-pyrrole nitrogens is 1. The molecule has 5 aromatic rings. The van der Waals surface area contributed by atoms with Gasteiger partial charge >= 0.3 is 5.97 Å². The number of para-hydroxylation sites is 1. The minimum Gasteiger partial charge on any atom is -0.480 e. The van der Waals surface area contributed by atoms with Gasteiger partial charge in [-0.1, -0.05) is 72.3 Å². The lowest BCUT2D eigenvalue weighted by Gasteiger charge is -2.13. The van der Waals surface area contributed by atoms with Crippen LogP contribution < -0.4 is 5.32 Å². The molecule has 0 aliphatic carbocycles. The minimum absolute atomic E-state index is 0.263. The van der Waals surface area contributed by atoms with E-state index in [4.69, 9.17) is 21.8 Å². The fraction of sp³-hybridized carbons (Fsp3) is 0.148. The highest BCUT2D eigenvalue weighted by molar-refractivity contribution is 6.30. The van der Waals surface area contributed by atoms with Gasteiger partial charge in [0.05, 0.1) is 6.54 Å². The van der Waals surface area contributed by atoms with E-state index in [9.17, 15) is 9.90 Å². The van der Waals surface area contributed by atoms with Gasteiger partial charge in [-0.2, -0.15) is 15.0 Å². The average Bonchev–Trinajstić information content (AvgIpc) is 3.46. The lowest BCUT2D eigenvalue weighted by atomic mass is 10.0. The largest absolute Gasteiger partial charge is 0.480 e. The molecule has 0 saturated carbocycles. The van der Waals surface area contributed by atoms with Gasteiger partial charge in [-0.25, -0.2) is 0 Å². The molecule has 0 radical (unpaired) electrons. The average molecular weight is 486 g/mol. The Morgan fingerprint density at radius 2 is 1.83 bits per heavy atom. The summed E-state index contributed by atoms with van der Waals surface area (Å²) in [6.07, 6.45) is 2.22. The monoisotopic (exact) mass is 485 g/mol. The number of aromatic nitrogens is 4. The van der Waals surface area contributed by atoms with Crippen molar-refractivity contribution in [3.05, 3.63) is 107 Å². The third-order valence-electron chi connectivity index (χ3n) is 5.90. The molecular weight excluding hydrogens is 462 g/mol. The van der Waals surface area contributed by atoms with Crippen molar-refractivity contribution in [3.63, 3.8) is 0 Å². The molecule has 1 atom stereocenters. The molecular formula is C27H24ClN5O2. The highest BCUT2D eigenvalue weighted by Crippen LogP contribution is 2.22. The van der Waals surface area contributed by atoms with Crippen LogP contribution in [0.4, 0.5) is 0 Å². The van der Waals surface area contributed by atoms with E-state index in [2.05, 4.69) is 10.3 Å². The quantitative estimate of drug-likeness (QED) is 0.275. The Balaban J connectivity index is 1.39. The number of nitrogens with zero attached hydrogens (tertiary/aromatic N) is 3. The van der Waals surface area contributed by atoms with Crippen molar-refractivity contribution in [2.45, 2.75) is 25.6 Å². The number of fused-ring (bicyclic) bond motifs is 1. The predicted octanol–water partition coefficient (Wildman–Crippen LogP) is 4.91. The van der Waals surface area contributed by atoms with Gasteiger partial charge < -0.3 is 10.1 Å². The van der Waals surface area contributed by atoms with Gasteiger partial charge in [0.1, 0.15) is 17.4 Å². The van der Waals surface area contributed by atoms with Crippen molar-refractivity contribution < 1.29 is 9.90 Å². The Morgan fingerprint density at radius 1 is 1.03 bits per heavy atom. The summed E-state index contributed by atoms with van der Waals surface area (Å²) in [5.74, 6) is -0.914. The number of carboxylic acids is 1. The lowest BCUT2D eigenvalue weighted by molar-refractivity contribution is -0.139. The van der Waals surface area contributed by atoms with Crippen LogP contribution in [-0.4, -0.2) is 37.1 Å². The highest BCUT2D eigenvalue weighted by Gasteiger charge is 2.21. The fourth-order valence-electron chi connectivity index (χ4n) is 4.18. The first kappa shape index (κ1) is 22.8. The number of carboxylic acid groups (broad SMARTS) is 1. The van der Waals surface area contributed by atoms with E-state index in [1.807, 2.05) is 85.1 Å². The molecule has 0 spiro atoms. The molecule has 3 aromatic carbocycles. The first-order valence-corrected chi connectivity index (χ1v) is 11.7. The number of nitrogens with one attached hydrogen (secondary N) is 2. The number of halogens is 1. The van der Waals surface area contributed by atoms with Crippen LogP contribution in [0.15, 0.2) is 85.1 Å². The molecule has 0 saturated heterocycles. The summed E-state index contributed by atoms with van der Waals surface area (Å²) in [6.45, 7) is 0.719. The standard InChI is InChI=1S/C27H24ClN5O2/c28-21-10-6-7-18(13-21)17-33-31-25(26(32-33)19-8-2-1-3-9-19)16-30-24(27(34)35)14-20-15-29-23-12-5-4-11-22(20)23/h1-13,15,24,29-30H,14,16-17H2,(H,34,35)/t24-/m0/s1. The molecule has 7 nitrogen and oxygen atoms in total. The number of benzene rings is 3. The molecule has 8 heteroatoms. The first-order valence-electron chi connectivity index (χ1n) is 11.3. The number of rotatable bonds is 9. The highest BCUT2D eigenvalue weighted by atomic mass is 35.5. The summed E-state index contributed by atoms with van der Waals surface area (Å²) < 4.78 is 0. The number of hydrogen-bond donors (Lipinski definition) is 3. The molecule has 0 aliphatic rings. The summed E-state index contributed by atoms with van der Waals surface area (Å²) in [5, 5.41) is 24.2. The second kappa shape index (κ2) is 10.1. The number of carbonyl (C=O) groups is 1. The van der Waals surface area contributed by atoms with E-state index < -0.39 is 12.0 Å². The van der Waals surface area contributed by atoms with Crippen molar-refractivity contribution in [2.24, 2.45) is 0 Å². The van der Waals surface area contributed by atoms with Crippen molar-refractivity contribution in [1.29, 1.82) is 0 Å². The minimum atomic E-state index is -0.914. The van der Waals surface area contributed by atoms with Gasteiger partial charge in [-0.3, -0.25) is 10.1 Å². The van der Waals surface area contributed by atoms with E-state index in [0.29, 0.717) is 23.7 Å². The summed E-state index contributed by atoms with van der Waals surface area (Å²) in [4.78, 5) is 16.9. The topological polar surface area (TPSA) is 95.8 Å². The number of hydrogen-bond acceptors (Lipinski definition) is 4. The van der Waals surface area contributed by atoms with E-state index >= 15 is 0 Å². The maximum absolute atomic E-state index is 12.1. The van der Waals surface area contributed by atoms with Crippen LogP contribution in [0.3, 0.4) is 0 Å². The van der Waals surface area contributed by atoms with Crippen molar-refractivity contribution >= 4 is 28.5 Å². The Labute approximate surface area is 207 Å². The smallest absolute Gasteiger partial charge is 0.321 e. The molecule has 35 heavy (non-hydrogen) atoms. The van der Waals surface area contributed by atoms with E-state index in [1.54, 1.807) is 4.80 Å². The van der Waals surface area contributed by atoms with E-state index in [1.165, 1.54) is 0 Å². The molecule has 0 bridgehead atoms. The predicted molar refractivity (Wildman–Crippen MR) is 136 cm³/mol. The summed E-state index contributed by atoms with van der Waals surface area (Å²) in [6, 6.07) is 24.4. The molecule has 2 heterocycles. The third-order valence-corrected chi connectivity index (χ3v) is 6.13. The maximum atomic E-state index is 12.1. The van der Waals surface area contributed by atoms with Gasteiger partial charge in [0.2, 0.25) is 0 Å². The fourth-order valence-corrected chi connectivity index (χ4v) is 4.39. The Hall–Kier alpha value is -3.94. The SMILES string of the molecule is O=C(O)[C@H](Cc1c[nH]c2ccccc12)NCc1nn(Cc2cccc(Cl)c2)nc1-c1ccccc1. The van der Waals surface area contributed by atoms with Gasteiger partial charge in [-0.05, 0) is 29.3 Å². The number of aliphatic carboxylic acids is 1. The Bertz CT molecular complexity index is 1460. The zero-order chi connectivity index (χ0) is 24.2. The second-order valence-corrected chi connectivity index (χ2v) is 8.79. The van der Waals surface area contributed by atoms with Gasteiger partial charge in [0, 0.05) is 40.7 Å². The normalized spacial score (nSPS) is 12.1. The van der Waals surface area contributed by atoms with Crippen molar-refractivity contribution in [3.8, 4) is 11.3 Å². The lowest BCUT2D eigenvalue weighted by Crippen LogP contribution is -2.38. The van der Waals surface area contributed by atoms with Gasteiger partial charge in [0.25, 0.3) is 0 Å². The summed E-state index contributed by atoms with van der Waals surface area (Å²) in [7, 11) is 0. The molecule has 0 aliphatic heterocycles. The first-order chi connectivity index (χ1) is 17.1.